The number of aromatic nitrogens is 4. The lowest BCUT2D eigenvalue weighted by atomic mass is 10.1. The number of fused-ring (bicyclic) bond motifs is 1. The normalized spacial score (nSPS) is 10.6. The molecule has 9 nitrogen and oxygen atoms in total. The Morgan fingerprint density at radius 3 is 2.65 bits per heavy atom. The van der Waals surface area contributed by atoms with Gasteiger partial charge in [-0.2, -0.15) is 0 Å². The minimum atomic E-state index is -0.818. The van der Waals surface area contributed by atoms with Crippen molar-refractivity contribution in [2.45, 2.75) is 13.5 Å². The lowest BCUT2D eigenvalue weighted by Gasteiger charge is -2.10. The molecule has 4 aromatic heterocycles. The van der Waals surface area contributed by atoms with Gasteiger partial charge in [0.2, 0.25) is 0 Å². The van der Waals surface area contributed by atoms with E-state index in [0.29, 0.717) is 16.9 Å². The molecular formula is C22H19N7O2. The van der Waals surface area contributed by atoms with E-state index < -0.39 is 11.8 Å². The number of pyridine rings is 4. The summed E-state index contributed by atoms with van der Waals surface area (Å²) in [5.74, 6) is -1.04. The number of aryl methyl sites for hydroxylation is 1. The van der Waals surface area contributed by atoms with Crippen LogP contribution in [-0.4, -0.2) is 31.8 Å². The summed E-state index contributed by atoms with van der Waals surface area (Å²) in [4.78, 5) is 41.1. The molecule has 0 bridgehead atoms. The number of carbonyl (C=O) groups is 2. The van der Waals surface area contributed by atoms with Crippen molar-refractivity contribution in [2.75, 3.05) is 11.1 Å². The zero-order valence-electron chi connectivity index (χ0n) is 16.7. The summed E-state index contributed by atoms with van der Waals surface area (Å²) in [6.45, 7) is 2.16. The van der Waals surface area contributed by atoms with Crippen LogP contribution in [0.1, 0.15) is 11.1 Å². The number of amides is 2. The van der Waals surface area contributed by atoms with E-state index in [1.54, 1.807) is 43.0 Å². The summed E-state index contributed by atoms with van der Waals surface area (Å²) >= 11 is 0. The standard InChI is InChI=1S/C22H19N7O2/c1-13-4-6-25-11-16(13)18-7-15-8-19(26-12-17(15)20(23)28-18)29-22(31)21(30)27-10-14-3-2-5-24-9-14/h2-9,11-12H,10H2,1H3,(H2,23,28)(H,27,30)(H,26,29,31). The largest absolute Gasteiger partial charge is 0.383 e. The van der Waals surface area contributed by atoms with Crippen molar-refractivity contribution in [1.29, 1.82) is 0 Å². The molecule has 0 fully saturated rings. The third-order valence-electron chi connectivity index (χ3n) is 4.68. The van der Waals surface area contributed by atoms with Crippen molar-refractivity contribution in [3.05, 3.63) is 72.4 Å². The average molecular weight is 413 g/mol. The molecule has 0 aliphatic rings. The first kappa shape index (κ1) is 19.9. The maximum atomic E-state index is 12.2. The Bertz CT molecular complexity index is 1280. The van der Waals surface area contributed by atoms with Gasteiger partial charge in [0.1, 0.15) is 11.6 Å². The molecular weight excluding hydrogens is 394 g/mol. The summed E-state index contributed by atoms with van der Waals surface area (Å²) < 4.78 is 0. The van der Waals surface area contributed by atoms with Gasteiger partial charge in [0.05, 0.1) is 5.69 Å². The lowest BCUT2D eigenvalue weighted by molar-refractivity contribution is -0.136. The molecule has 0 saturated heterocycles. The second-order valence-electron chi connectivity index (χ2n) is 6.87. The Morgan fingerprint density at radius 2 is 1.87 bits per heavy atom. The number of nitrogens with zero attached hydrogens (tertiary/aromatic N) is 4. The van der Waals surface area contributed by atoms with Gasteiger partial charge in [0.25, 0.3) is 0 Å². The van der Waals surface area contributed by atoms with Gasteiger partial charge in [-0.3, -0.25) is 19.6 Å². The van der Waals surface area contributed by atoms with Crippen LogP contribution in [0.5, 0.6) is 0 Å². The zero-order valence-corrected chi connectivity index (χ0v) is 16.7. The number of hydrogen-bond donors (Lipinski definition) is 3. The van der Waals surface area contributed by atoms with Crippen molar-refractivity contribution in [1.82, 2.24) is 25.3 Å². The molecule has 0 saturated carbocycles. The maximum Gasteiger partial charge on any atom is 0.314 e. The molecule has 0 aromatic carbocycles. The van der Waals surface area contributed by atoms with Gasteiger partial charge < -0.3 is 16.4 Å². The predicted molar refractivity (Wildman–Crippen MR) is 117 cm³/mol. The number of carbonyl (C=O) groups excluding carboxylic acids is 2. The molecule has 0 aliphatic carbocycles. The van der Waals surface area contributed by atoms with Crippen LogP contribution < -0.4 is 16.4 Å². The first-order valence-electron chi connectivity index (χ1n) is 9.46. The van der Waals surface area contributed by atoms with Crippen LogP contribution >= 0.6 is 0 Å². The van der Waals surface area contributed by atoms with E-state index in [0.717, 1.165) is 22.1 Å². The smallest absolute Gasteiger partial charge is 0.314 e. The fourth-order valence-corrected chi connectivity index (χ4v) is 3.05. The van der Waals surface area contributed by atoms with E-state index in [4.69, 9.17) is 5.73 Å². The van der Waals surface area contributed by atoms with E-state index >= 15 is 0 Å². The molecule has 4 N–H and O–H groups in total. The quantitative estimate of drug-likeness (QED) is 0.437. The first-order chi connectivity index (χ1) is 15.0. The van der Waals surface area contributed by atoms with Crippen molar-refractivity contribution >= 4 is 34.2 Å². The van der Waals surface area contributed by atoms with Gasteiger partial charge in [0, 0.05) is 48.5 Å². The third kappa shape index (κ3) is 4.45. The number of nitrogen functional groups attached to an aromatic ring is 1. The van der Waals surface area contributed by atoms with Crippen molar-refractivity contribution in [3.8, 4) is 11.3 Å². The van der Waals surface area contributed by atoms with Gasteiger partial charge >= 0.3 is 11.8 Å². The summed E-state index contributed by atoms with van der Waals surface area (Å²) in [5.41, 5.74) is 9.42. The van der Waals surface area contributed by atoms with Crippen molar-refractivity contribution < 1.29 is 9.59 Å². The summed E-state index contributed by atoms with van der Waals surface area (Å²) in [5, 5.41) is 6.43. The highest BCUT2D eigenvalue weighted by Gasteiger charge is 2.15. The number of hydrogen-bond acceptors (Lipinski definition) is 7. The molecule has 0 spiro atoms. The van der Waals surface area contributed by atoms with E-state index in [1.807, 2.05) is 19.1 Å². The minimum absolute atomic E-state index is 0.196. The second-order valence-corrected chi connectivity index (χ2v) is 6.87. The minimum Gasteiger partial charge on any atom is -0.383 e. The number of anilines is 2. The number of nitrogens with two attached hydrogens (primary N) is 1. The Kier molecular flexibility index (Phi) is 5.48. The predicted octanol–water partition coefficient (Wildman–Crippen LogP) is 2.23. The van der Waals surface area contributed by atoms with Gasteiger partial charge in [0.15, 0.2) is 0 Å². The van der Waals surface area contributed by atoms with E-state index in [9.17, 15) is 9.59 Å². The third-order valence-corrected chi connectivity index (χ3v) is 4.68. The summed E-state index contributed by atoms with van der Waals surface area (Å²) in [6.07, 6.45) is 8.19. The molecule has 0 unspecified atom stereocenters. The van der Waals surface area contributed by atoms with Crippen molar-refractivity contribution in [2.24, 2.45) is 0 Å². The molecule has 4 aromatic rings. The summed E-state index contributed by atoms with van der Waals surface area (Å²) in [6, 6.07) is 8.93. The summed E-state index contributed by atoms with van der Waals surface area (Å²) in [7, 11) is 0. The fourth-order valence-electron chi connectivity index (χ4n) is 3.05. The highest BCUT2D eigenvalue weighted by molar-refractivity contribution is 6.39. The van der Waals surface area contributed by atoms with Gasteiger partial charge in [-0.1, -0.05) is 6.07 Å². The van der Waals surface area contributed by atoms with Crippen LogP contribution in [-0.2, 0) is 16.1 Å². The van der Waals surface area contributed by atoms with Crippen LogP contribution in [0.4, 0.5) is 11.6 Å². The topological polar surface area (TPSA) is 136 Å². The Morgan fingerprint density at radius 1 is 1.03 bits per heavy atom. The second kappa shape index (κ2) is 8.54. The number of rotatable bonds is 4. The molecule has 0 atom stereocenters. The Balaban J connectivity index is 1.53. The first-order valence-corrected chi connectivity index (χ1v) is 9.46. The van der Waals surface area contributed by atoms with Crippen LogP contribution in [0.2, 0.25) is 0 Å². The SMILES string of the molecule is Cc1ccncc1-c1cc2cc(NC(=O)C(=O)NCc3cccnc3)ncc2c(N)n1. The lowest BCUT2D eigenvalue weighted by Crippen LogP contribution is -2.35. The zero-order chi connectivity index (χ0) is 21.8. The van der Waals surface area contributed by atoms with Gasteiger partial charge in [-0.05, 0) is 47.7 Å². The van der Waals surface area contributed by atoms with E-state index in [-0.39, 0.29) is 12.4 Å². The Labute approximate surface area is 177 Å². The van der Waals surface area contributed by atoms with Gasteiger partial charge in [-0.15, -0.1) is 0 Å². The van der Waals surface area contributed by atoms with Crippen molar-refractivity contribution in [3.63, 3.8) is 0 Å². The fraction of sp³-hybridized carbons (Fsp3) is 0.0909. The van der Waals surface area contributed by atoms with Crippen LogP contribution in [0.15, 0.2) is 61.3 Å². The van der Waals surface area contributed by atoms with Gasteiger partial charge in [-0.25, -0.2) is 9.97 Å². The Hall–Kier alpha value is -4.40. The van der Waals surface area contributed by atoms with Crippen LogP contribution in [0.3, 0.4) is 0 Å². The average Bonchev–Trinajstić information content (AvgIpc) is 2.78. The maximum absolute atomic E-state index is 12.2. The highest BCUT2D eigenvalue weighted by atomic mass is 16.2. The molecule has 31 heavy (non-hydrogen) atoms. The molecule has 9 heteroatoms. The molecule has 154 valence electrons. The molecule has 0 radical (unpaired) electrons. The monoisotopic (exact) mass is 413 g/mol. The van der Waals surface area contributed by atoms with Crippen LogP contribution in [0.25, 0.3) is 22.0 Å². The molecule has 4 rings (SSSR count). The molecule has 4 heterocycles. The molecule has 2 amide bonds. The number of nitrogens with one attached hydrogen (secondary N) is 2. The van der Waals surface area contributed by atoms with E-state index in [2.05, 4.69) is 30.6 Å². The highest BCUT2D eigenvalue weighted by Crippen LogP contribution is 2.28. The van der Waals surface area contributed by atoms with E-state index in [1.165, 1.54) is 6.20 Å². The van der Waals surface area contributed by atoms with Crippen LogP contribution in [0, 0.1) is 6.92 Å². The molecule has 0 aliphatic heterocycles.